The smallest absolute Gasteiger partial charge is 0.274 e. The summed E-state index contributed by atoms with van der Waals surface area (Å²) in [5.74, 6) is 1.65. The second-order valence-corrected chi connectivity index (χ2v) is 6.49. The highest BCUT2D eigenvalue weighted by atomic mass is 16.6. The molecule has 1 aromatic heterocycles. The molecule has 1 amide bonds. The SMILES string of the molecule is CCCN(CCC)c1nc(C)cc(C(=O)Nc2ccc3c(c2)OCCO3)n1. The van der Waals surface area contributed by atoms with Crippen LogP contribution in [-0.2, 0) is 0 Å². The first-order valence-corrected chi connectivity index (χ1v) is 9.42. The number of hydrogen-bond acceptors (Lipinski definition) is 6. The lowest BCUT2D eigenvalue weighted by Gasteiger charge is -2.22. The summed E-state index contributed by atoms with van der Waals surface area (Å²) in [6.45, 7) is 8.88. The molecule has 0 atom stereocenters. The van der Waals surface area contributed by atoms with Crippen molar-refractivity contribution in [2.75, 3.05) is 36.5 Å². The van der Waals surface area contributed by atoms with Crippen molar-refractivity contribution >= 4 is 17.5 Å². The first-order valence-electron chi connectivity index (χ1n) is 9.42. The minimum atomic E-state index is -0.272. The number of carbonyl (C=O) groups is 1. The van der Waals surface area contributed by atoms with Crippen LogP contribution < -0.4 is 19.7 Å². The number of nitrogens with one attached hydrogen (secondary N) is 1. The van der Waals surface area contributed by atoms with E-state index >= 15 is 0 Å². The lowest BCUT2D eigenvalue weighted by molar-refractivity contribution is 0.102. The van der Waals surface area contributed by atoms with E-state index in [9.17, 15) is 4.79 Å². The summed E-state index contributed by atoms with van der Waals surface area (Å²) >= 11 is 0. The van der Waals surface area contributed by atoms with Gasteiger partial charge in [-0.1, -0.05) is 13.8 Å². The van der Waals surface area contributed by atoms with Crippen LogP contribution in [0.4, 0.5) is 11.6 Å². The summed E-state index contributed by atoms with van der Waals surface area (Å²) in [6.07, 6.45) is 1.99. The second kappa shape index (κ2) is 8.70. The molecule has 0 spiro atoms. The van der Waals surface area contributed by atoms with Gasteiger partial charge in [-0.3, -0.25) is 4.79 Å². The van der Waals surface area contributed by atoms with Gasteiger partial charge in [-0.15, -0.1) is 0 Å². The first kappa shape index (κ1) is 18.9. The molecule has 27 heavy (non-hydrogen) atoms. The molecule has 3 rings (SSSR count). The number of benzene rings is 1. The van der Waals surface area contributed by atoms with Gasteiger partial charge in [0, 0.05) is 30.5 Å². The van der Waals surface area contributed by atoms with Crippen LogP contribution in [-0.4, -0.2) is 42.2 Å². The van der Waals surface area contributed by atoms with Crippen molar-refractivity contribution < 1.29 is 14.3 Å². The third kappa shape index (κ3) is 4.67. The molecule has 0 bridgehead atoms. The zero-order valence-corrected chi connectivity index (χ0v) is 16.1. The van der Waals surface area contributed by atoms with Crippen LogP contribution in [0.1, 0.15) is 42.9 Å². The number of rotatable bonds is 7. The standard InChI is InChI=1S/C20H26N4O3/c1-4-8-24(9-5-2)20-21-14(3)12-16(23-20)19(25)22-15-6-7-17-18(13-15)27-11-10-26-17/h6-7,12-13H,4-5,8-11H2,1-3H3,(H,22,25). The van der Waals surface area contributed by atoms with Gasteiger partial charge < -0.3 is 19.7 Å². The first-order chi connectivity index (χ1) is 13.1. The van der Waals surface area contributed by atoms with Crippen molar-refractivity contribution in [3.05, 3.63) is 35.7 Å². The van der Waals surface area contributed by atoms with E-state index in [-0.39, 0.29) is 5.91 Å². The van der Waals surface area contributed by atoms with Gasteiger partial charge >= 0.3 is 0 Å². The maximum atomic E-state index is 12.7. The fraction of sp³-hybridized carbons (Fsp3) is 0.450. The molecule has 0 unspecified atom stereocenters. The Labute approximate surface area is 159 Å². The van der Waals surface area contributed by atoms with E-state index in [1.807, 2.05) is 6.92 Å². The maximum Gasteiger partial charge on any atom is 0.274 e. The summed E-state index contributed by atoms with van der Waals surface area (Å²) < 4.78 is 11.1. The molecular weight excluding hydrogens is 344 g/mol. The molecule has 0 fully saturated rings. The number of aryl methyl sites for hydroxylation is 1. The van der Waals surface area contributed by atoms with Crippen molar-refractivity contribution in [1.82, 2.24) is 9.97 Å². The summed E-state index contributed by atoms with van der Waals surface area (Å²) in [4.78, 5) is 23.9. The van der Waals surface area contributed by atoms with Gasteiger partial charge in [0.05, 0.1) is 0 Å². The van der Waals surface area contributed by atoms with Gasteiger partial charge in [0.15, 0.2) is 11.5 Å². The van der Waals surface area contributed by atoms with Crippen molar-refractivity contribution in [3.8, 4) is 11.5 Å². The van der Waals surface area contributed by atoms with Crippen LogP contribution >= 0.6 is 0 Å². The fourth-order valence-electron chi connectivity index (χ4n) is 2.98. The summed E-state index contributed by atoms with van der Waals surface area (Å²) in [5.41, 5.74) is 1.76. The molecule has 0 aliphatic carbocycles. The summed E-state index contributed by atoms with van der Waals surface area (Å²) in [6, 6.07) is 7.06. The Kier molecular flexibility index (Phi) is 6.11. The molecule has 7 heteroatoms. The van der Waals surface area contributed by atoms with Gasteiger partial charge in [-0.2, -0.15) is 0 Å². The predicted molar refractivity (Wildman–Crippen MR) is 105 cm³/mol. The van der Waals surface area contributed by atoms with Crippen LogP contribution in [0, 0.1) is 6.92 Å². The Balaban J connectivity index is 1.80. The average Bonchev–Trinajstić information content (AvgIpc) is 2.67. The lowest BCUT2D eigenvalue weighted by Crippen LogP contribution is -2.28. The second-order valence-electron chi connectivity index (χ2n) is 6.49. The van der Waals surface area contributed by atoms with Gasteiger partial charge in [-0.05, 0) is 38.0 Å². The number of aromatic nitrogens is 2. The Morgan fingerprint density at radius 3 is 2.48 bits per heavy atom. The van der Waals surface area contributed by atoms with Crippen molar-refractivity contribution in [2.45, 2.75) is 33.6 Å². The number of hydrogen-bond donors (Lipinski definition) is 1. The number of fused-ring (bicyclic) bond motifs is 1. The molecule has 2 aromatic rings. The Morgan fingerprint density at radius 2 is 1.78 bits per heavy atom. The molecule has 2 heterocycles. The predicted octanol–water partition coefficient (Wildman–Crippen LogP) is 3.43. The fourth-order valence-corrected chi connectivity index (χ4v) is 2.98. The molecule has 1 aliphatic rings. The lowest BCUT2D eigenvalue weighted by atomic mass is 10.2. The Morgan fingerprint density at radius 1 is 1.07 bits per heavy atom. The highest BCUT2D eigenvalue weighted by molar-refractivity contribution is 6.03. The molecule has 1 N–H and O–H groups in total. The molecule has 1 aromatic carbocycles. The minimum Gasteiger partial charge on any atom is -0.486 e. The summed E-state index contributed by atoms with van der Waals surface area (Å²) in [5, 5.41) is 2.88. The van der Waals surface area contributed by atoms with Crippen LogP contribution in [0.25, 0.3) is 0 Å². The quantitative estimate of drug-likeness (QED) is 0.805. The van der Waals surface area contributed by atoms with E-state index in [1.54, 1.807) is 24.3 Å². The molecule has 144 valence electrons. The van der Waals surface area contributed by atoms with Crippen molar-refractivity contribution in [1.29, 1.82) is 0 Å². The van der Waals surface area contributed by atoms with E-state index in [2.05, 4.69) is 34.0 Å². The normalized spacial score (nSPS) is 12.6. The van der Waals surface area contributed by atoms with Crippen LogP contribution in [0.2, 0.25) is 0 Å². The van der Waals surface area contributed by atoms with Gasteiger partial charge in [0.2, 0.25) is 5.95 Å². The van der Waals surface area contributed by atoms with Crippen LogP contribution in [0.3, 0.4) is 0 Å². The number of amides is 1. The molecule has 0 saturated heterocycles. The van der Waals surface area contributed by atoms with E-state index in [1.165, 1.54) is 0 Å². The number of anilines is 2. The van der Waals surface area contributed by atoms with E-state index in [4.69, 9.17) is 9.47 Å². The Hall–Kier alpha value is -2.83. The minimum absolute atomic E-state index is 0.272. The highest BCUT2D eigenvalue weighted by Gasteiger charge is 2.16. The number of carbonyl (C=O) groups excluding carboxylic acids is 1. The molecule has 0 radical (unpaired) electrons. The monoisotopic (exact) mass is 370 g/mol. The third-order valence-electron chi connectivity index (χ3n) is 4.14. The third-order valence-corrected chi connectivity index (χ3v) is 4.14. The zero-order chi connectivity index (χ0) is 19.2. The van der Waals surface area contributed by atoms with E-state index in [0.717, 1.165) is 31.6 Å². The number of nitrogens with zero attached hydrogens (tertiary/aromatic N) is 3. The maximum absolute atomic E-state index is 12.7. The van der Waals surface area contributed by atoms with Gasteiger partial charge in [0.1, 0.15) is 18.9 Å². The highest BCUT2D eigenvalue weighted by Crippen LogP contribution is 2.32. The molecule has 0 saturated carbocycles. The van der Waals surface area contributed by atoms with Crippen LogP contribution in [0.5, 0.6) is 11.5 Å². The molecule has 1 aliphatic heterocycles. The topological polar surface area (TPSA) is 76.6 Å². The zero-order valence-electron chi connectivity index (χ0n) is 16.1. The largest absolute Gasteiger partial charge is 0.486 e. The van der Waals surface area contributed by atoms with Gasteiger partial charge in [0.25, 0.3) is 5.91 Å². The molecular formula is C20H26N4O3. The van der Waals surface area contributed by atoms with Crippen molar-refractivity contribution in [2.24, 2.45) is 0 Å². The van der Waals surface area contributed by atoms with Crippen LogP contribution in [0.15, 0.2) is 24.3 Å². The average molecular weight is 370 g/mol. The molecule has 7 nitrogen and oxygen atoms in total. The van der Waals surface area contributed by atoms with Crippen molar-refractivity contribution in [3.63, 3.8) is 0 Å². The number of ether oxygens (including phenoxy) is 2. The van der Waals surface area contributed by atoms with E-state index in [0.29, 0.717) is 42.0 Å². The van der Waals surface area contributed by atoms with Gasteiger partial charge in [-0.25, -0.2) is 9.97 Å². The summed E-state index contributed by atoms with van der Waals surface area (Å²) in [7, 11) is 0. The van der Waals surface area contributed by atoms with E-state index < -0.39 is 0 Å². The Bertz CT molecular complexity index is 804.